The van der Waals surface area contributed by atoms with Crippen molar-refractivity contribution in [2.24, 2.45) is 0 Å². The van der Waals surface area contributed by atoms with Crippen LogP contribution in [-0.4, -0.2) is 31.9 Å². The molecule has 2 aliphatic carbocycles. The summed E-state index contributed by atoms with van der Waals surface area (Å²) in [5.74, 6) is 0. The van der Waals surface area contributed by atoms with E-state index in [1.54, 1.807) is 6.07 Å². The number of aromatic nitrogens is 3. The molecule has 334 valence electrons. The van der Waals surface area contributed by atoms with Crippen molar-refractivity contribution < 1.29 is 10.0 Å². The second-order valence-electron chi connectivity index (χ2n) is 20.0. The van der Waals surface area contributed by atoms with Crippen LogP contribution in [0.25, 0.3) is 104 Å². The van der Waals surface area contributed by atoms with Crippen molar-refractivity contribution in [3.8, 4) is 50.2 Å². The first-order chi connectivity index (χ1) is 34.1. The molecule has 0 bridgehead atoms. The number of fused-ring (bicyclic) bond motifs is 12. The molecule has 0 unspecified atom stereocenters. The zero-order valence-corrected chi connectivity index (χ0v) is 39.4. The summed E-state index contributed by atoms with van der Waals surface area (Å²) in [6, 6.07) is 69.9. The Labute approximate surface area is 407 Å². The molecule has 12 aromatic rings. The topological polar surface area (TPSA) is 71.2 Å². The largest absolute Gasteiger partial charge is 0.488 e. The third-order valence-corrected chi connectivity index (χ3v) is 15.5. The predicted molar refractivity (Wildman–Crippen MR) is 291 cm³/mol. The number of rotatable bonds is 4. The molecule has 0 saturated carbocycles. The zero-order valence-electron chi connectivity index (χ0n) is 39.4. The summed E-state index contributed by atoms with van der Waals surface area (Å²) in [5, 5.41) is 36.9. The summed E-state index contributed by atoms with van der Waals surface area (Å²) in [5.41, 5.74) is 19.0. The Kier molecular flexibility index (Phi) is 9.41. The second-order valence-corrected chi connectivity index (χ2v) is 20.0. The Morgan fingerprint density at radius 3 is 1.61 bits per heavy atom. The molecule has 0 fully saturated rings. The molecule has 0 atom stereocenters. The number of hydrogen-bond acceptors (Lipinski definition) is 4. The molecule has 10 aromatic carbocycles. The second kappa shape index (κ2) is 15.7. The Hall–Kier alpha value is -8.16. The molecule has 14 rings (SSSR count). The zero-order chi connectivity index (χ0) is 47.5. The first kappa shape index (κ1) is 42.0. The third-order valence-electron chi connectivity index (χ3n) is 15.5. The first-order valence-electron chi connectivity index (χ1n) is 24.1. The monoisotopic (exact) mass is 901 g/mol. The molecule has 2 heterocycles. The van der Waals surface area contributed by atoms with Gasteiger partial charge in [-0.1, -0.05) is 185 Å². The van der Waals surface area contributed by atoms with E-state index < -0.39 is 7.12 Å². The molecule has 2 aliphatic rings. The van der Waals surface area contributed by atoms with Crippen LogP contribution in [0.2, 0.25) is 0 Å². The highest BCUT2D eigenvalue weighted by Crippen LogP contribution is 2.51. The fourth-order valence-electron chi connectivity index (χ4n) is 11.9. The van der Waals surface area contributed by atoms with E-state index in [1.165, 1.54) is 99.0 Å². The lowest BCUT2D eigenvalue weighted by atomic mass is 9.75. The van der Waals surface area contributed by atoms with Gasteiger partial charge in [-0.2, -0.15) is 10.2 Å². The van der Waals surface area contributed by atoms with E-state index in [0.29, 0.717) is 5.46 Å². The van der Waals surface area contributed by atoms with Crippen LogP contribution >= 0.6 is 0 Å². The summed E-state index contributed by atoms with van der Waals surface area (Å²) >= 11 is 0. The van der Waals surface area contributed by atoms with Gasteiger partial charge >= 0.3 is 7.12 Å². The number of benzene rings is 10. The van der Waals surface area contributed by atoms with E-state index >= 15 is 0 Å². The minimum absolute atomic E-state index is 0.0525. The SMILES string of the molecule is CC1(C)c2ccccc2-c2ccc(-c3ccc4c(c3)c3cc5ccccc5cc3n4-c3ccc(-c4cccc5ccccc45)c4cnncc34)cc21.CC1(C)c2ccccc2-c2ccc(B(O)O)cc21. The molecule has 0 aliphatic heterocycles. The lowest BCUT2D eigenvalue weighted by Crippen LogP contribution is -2.31. The lowest BCUT2D eigenvalue weighted by Gasteiger charge is -2.22. The van der Waals surface area contributed by atoms with Gasteiger partial charge in [0.25, 0.3) is 0 Å². The van der Waals surface area contributed by atoms with Crippen LogP contribution in [0.4, 0.5) is 0 Å². The molecular weight excluding hydrogens is 854 g/mol. The molecular formula is C64H48BN3O2. The molecule has 5 nitrogen and oxygen atoms in total. The third kappa shape index (κ3) is 6.34. The Morgan fingerprint density at radius 2 is 0.886 bits per heavy atom. The van der Waals surface area contributed by atoms with E-state index in [-0.39, 0.29) is 10.8 Å². The fraction of sp³-hybridized carbons (Fsp3) is 0.0938. The van der Waals surface area contributed by atoms with E-state index in [0.717, 1.165) is 27.6 Å². The summed E-state index contributed by atoms with van der Waals surface area (Å²) in [4.78, 5) is 0. The maximum Gasteiger partial charge on any atom is 0.488 e. The van der Waals surface area contributed by atoms with Crippen molar-refractivity contribution in [3.05, 3.63) is 229 Å². The fourth-order valence-corrected chi connectivity index (χ4v) is 11.9. The van der Waals surface area contributed by atoms with Crippen molar-refractivity contribution in [2.75, 3.05) is 0 Å². The highest BCUT2D eigenvalue weighted by Gasteiger charge is 2.37. The minimum Gasteiger partial charge on any atom is -0.423 e. The van der Waals surface area contributed by atoms with Gasteiger partial charge < -0.3 is 14.6 Å². The number of nitrogens with zero attached hydrogens (tertiary/aromatic N) is 3. The lowest BCUT2D eigenvalue weighted by molar-refractivity contribution is 0.425. The molecule has 6 heteroatoms. The van der Waals surface area contributed by atoms with Crippen molar-refractivity contribution >= 4 is 66.7 Å². The average Bonchev–Trinajstić information content (AvgIpc) is 3.92. The molecule has 2 aromatic heterocycles. The Balaban J connectivity index is 0.000000224. The van der Waals surface area contributed by atoms with Crippen molar-refractivity contribution in [3.63, 3.8) is 0 Å². The van der Waals surface area contributed by atoms with Crippen LogP contribution < -0.4 is 5.46 Å². The smallest absolute Gasteiger partial charge is 0.423 e. The van der Waals surface area contributed by atoms with Gasteiger partial charge in [-0.05, 0) is 130 Å². The van der Waals surface area contributed by atoms with Gasteiger partial charge in [-0.25, -0.2) is 0 Å². The van der Waals surface area contributed by atoms with E-state index in [1.807, 2.05) is 36.7 Å². The maximum absolute atomic E-state index is 9.30. The van der Waals surface area contributed by atoms with Gasteiger partial charge in [-0.15, -0.1) is 0 Å². The molecule has 0 saturated heterocycles. The molecule has 2 N–H and O–H groups in total. The van der Waals surface area contributed by atoms with Crippen molar-refractivity contribution in [1.82, 2.24) is 14.8 Å². The molecule has 0 spiro atoms. The van der Waals surface area contributed by atoms with E-state index in [2.05, 4.69) is 206 Å². The van der Waals surface area contributed by atoms with Gasteiger partial charge in [0.2, 0.25) is 0 Å². The average molecular weight is 902 g/mol. The quantitative estimate of drug-likeness (QED) is 0.173. The molecule has 0 amide bonds. The predicted octanol–water partition coefficient (Wildman–Crippen LogP) is 14.3. The van der Waals surface area contributed by atoms with E-state index in [4.69, 9.17) is 0 Å². The summed E-state index contributed by atoms with van der Waals surface area (Å²) in [7, 11) is -1.41. The summed E-state index contributed by atoms with van der Waals surface area (Å²) < 4.78 is 2.43. The standard InChI is InChI=1S/C49H33N3.C15H15BO2/c1-49(2)44-17-8-7-15-38(44)39-20-18-34(26-45(39)49)33-19-22-46-40(25-33)41-24-31-11-3-4-12-32(31)27-48(41)52(46)47-23-21-37(42-28-50-51-29-43(42)47)36-16-9-13-30-10-5-6-14-35(30)36;1-15(2)13-6-4-3-5-11(13)12-8-7-10(16(17)18)9-14(12)15/h3-29H,1-2H3;3-9,17-18H,1-2H3. The van der Waals surface area contributed by atoms with Crippen LogP contribution in [0.15, 0.2) is 207 Å². The van der Waals surface area contributed by atoms with Gasteiger partial charge in [-0.3, -0.25) is 0 Å². The minimum atomic E-state index is -1.41. The van der Waals surface area contributed by atoms with Crippen LogP contribution in [0.3, 0.4) is 0 Å². The van der Waals surface area contributed by atoms with Crippen LogP contribution in [-0.2, 0) is 10.8 Å². The summed E-state index contributed by atoms with van der Waals surface area (Å²) in [6.07, 6.45) is 3.85. The van der Waals surface area contributed by atoms with Crippen LogP contribution in [0.5, 0.6) is 0 Å². The van der Waals surface area contributed by atoms with Gasteiger partial charge in [0.15, 0.2) is 0 Å². The van der Waals surface area contributed by atoms with Crippen LogP contribution in [0, 0.1) is 0 Å². The molecule has 0 radical (unpaired) electrons. The first-order valence-corrected chi connectivity index (χ1v) is 24.1. The Morgan fingerprint density at radius 1 is 0.371 bits per heavy atom. The van der Waals surface area contributed by atoms with Crippen LogP contribution in [0.1, 0.15) is 49.9 Å². The normalized spacial score (nSPS) is 13.8. The van der Waals surface area contributed by atoms with Gasteiger partial charge in [0.1, 0.15) is 0 Å². The summed E-state index contributed by atoms with van der Waals surface area (Å²) in [6.45, 7) is 9.05. The maximum atomic E-state index is 9.30. The molecule has 70 heavy (non-hydrogen) atoms. The van der Waals surface area contributed by atoms with Crippen molar-refractivity contribution in [1.29, 1.82) is 0 Å². The Bertz CT molecular complexity index is 4120. The number of hydrogen-bond donors (Lipinski definition) is 2. The highest BCUT2D eigenvalue weighted by molar-refractivity contribution is 6.58. The van der Waals surface area contributed by atoms with Crippen molar-refractivity contribution in [2.45, 2.75) is 38.5 Å². The van der Waals surface area contributed by atoms with Gasteiger partial charge in [0.05, 0.1) is 29.1 Å². The highest BCUT2D eigenvalue weighted by atomic mass is 16.4. The van der Waals surface area contributed by atoms with E-state index in [9.17, 15) is 10.0 Å². The van der Waals surface area contributed by atoms with Gasteiger partial charge in [0, 0.05) is 32.4 Å².